The van der Waals surface area contributed by atoms with E-state index < -0.39 is 25.8 Å². The molecule has 1 N–H and O–H groups in total. The summed E-state index contributed by atoms with van der Waals surface area (Å²) in [6, 6.07) is 2.23. The fourth-order valence-electron chi connectivity index (χ4n) is 5.48. The molecule has 1 aromatic heterocycles. The molecule has 1 saturated carbocycles. The summed E-state index contributed by atoms with van der Waals surface area (Å²) in [7, 11) is -5.39. The Morgan fingerprint density at radius 3 is 2.42 bits per heavy atom. The zero-order valence-electron chi connectivity index (χ0n) is 17.6. The molecular weight excluding hydrogens is 465 g/mol. The summed E-state index contributed by atoms with van der Waals surface area (Å²) in [6.45, 7) is 2.66. The average Bonchev–Trinajstić information content (AvgIpc) is 2.66. The number of morpholine rings is 1. The molecular formula is C20H23F3N4O5S. The van der Waals surface area contributed by atoms with Crippen molar-refractivity contribution >= 4 is 21.8 Å². The van der Waals surface area contributed by atoms with E-state index in [0.29, 0.717) is 50.8 Å². The zero-order chi connectivity index (χ0) is 23.6. The van der Waals surface area contributed by atoms with E-state index in [1.807, 2.05) is 0 Å². The lowest BCUT2D eigenvalue weighted by Crippen LogP contribution is -2.78. The average molecular weight is 488 g/mol. The molecule has 13 heteroatoms. The van der Waals surface area contributed by atoms with Gasteiger partial charge >= 0.3 is 11.5 Å². The van der Waals surface area contributed by atoms with Crippen LogP contribution in [0, 0.1) is 11.3 Å². The third kappa shape index (κ3) is 3.84. The number of carbonyl (C=O) groups excluding carboxylic acids is 2. The van der Waals surface area contributed by atoms with Gasteiger partial charge < -0.3 is 19.9 Å². The Labute approximate surface area is 188 Å². The molecule has 33 heavy (non-hydrogen) atoms. The van der Waals surface area contributed by atoms with E-state index in [-0.39, 0.29) is 24.0 Å². The molecule has 3 saturated heterocycles. The summed E-state index contributed by atoms with van der Waals surface area (Å²) < 4.78 is 66.0. The van der Waals surface area contributed by atoms with E-state index in [2.05, 4.69) is 10.3 Å². The number of ether oxygens (including phenoxy) is 1. The van der Waals surface area contributed by atoms with Gasteiger partial charge in [0.05, 0.1) is 17.0 Å². The van der Waals surface area contributed by atoms with Crippen molar-refractivity contribution in [1.82, 2.24) is 20.1 Å². The largest absolute Gasteiger partial charge is 0.501 e. The molecule has 5 rings (SSSR count). The Balaban J connectivity index is 1.07. The lowest BCUT2D eigenvalue weighted by molar-refractivity contribution is -0.142. The molecule has 180 valence electrons. The highest BCUT2D eigenvalue weighted by Gasteiger charge is 2.56. The van der Waals surface area contributed by atoms with Gasteiger partial charge in [0.25, 0.3) is 9.84 Å². The van der Waals surface area contributed by atoms with Crippen molar-refractivity contribution < 1.29 is 35.9 Å². The van der Waals surface area contributed by atoms with Crippen LogP contribution >= 0.6 is 0 Å². The molecule has 0 aromatic carbocycles. The normalized spacial score (nSPS) is 24.2. The number of nitrogens with zero attached hydrogens (tertiary/aromatic N) is 3. The van der Waals surface area contributed by atoms with Crippen LogP contribution in [0.3, 0.4) is 0 Å². The zero-order valence-corrected chi connectivity index (χ0v) is 18.4. The minimum Gasteiger partial charge on any atom is -0.369 e. The van der Waals surface area contributed by atoms with Gasteiger partial charge in [0.2, 0.25) is 5.91 Å². The lowest BCUT2D eigenvalue weighted by atomic mass is 9.57. The number of aromatic nitrogens is 1. The van der Waals surface area contributed by atoms with Gasteiger partial charge in [-0.05, 0) is 37.3 Å². The van der Waals surface area contributed by atoms with Crippen molar-refractivity contribution in [3.05, 3.63) is 24.0 Å². The van der Waals surface area contributed by atoms with E-state index in [9.17, 15) is 31.2 Å². The minimum atomic E-state index is -5.39. The maximum absolute atomic E-state index is 12.7. The summed E-state index contributed by atoms with van der Waals surface area (Å²) in [5.74, 6) is 0.129. The van der Waals surface area contributed by atoms with E-state index in [1.54, 1.807) is 9.80 Å². The Bertz CT molecular complexity index is 1070. The summed E-state index contributed by atoms with van der Waals surface area (Å²) >= 11 is 0. The molecule has 4 aliphatic rings. The van der Waals surface area contributed by atoms with E-state index in [1.165, 1.54) is 6.07 Å². The Kier molecular flexibility index (Phi) is 4.95. The van der Waals surface area contributed by atoms with Crippen molar-refractivity contribution in [3.63, 3.8) is 0 Å². The van der Waals surface area contributed by atoms with Gasteiger partial charge in [0.1, 0.15) is 6.61 Å². The highest BCUT2D eigenvalue weighted by atomic mass is 32.2. The first-order valence-corrected chi connectivity index (χ1v) is 12.1. The monoisotopic (exact) mass is 488 g/mol. The number of hydrogen-bond donors (Lipinski definition) is 1. The molecule has 0 radical (unpaired) electrons. The predicted octanol–water partition coefficient (Wildman–Crippen LogP) is 0.950. The third-order valence-electron chi connectivity index (χ3n) is 6.95. The maximum atomic E-state index is 12.7. The molecule has 1 aromatic rings. The molecule has 4 heterocycles. The van der Waals surface area contributed by atoms with Crippen LogP contribution in [0.2, 0.25) is 0 Å². The molecule has 0 atom stereocenters. The number of carbonyl (C=O) groups is 2. The quantitative estimate of drug-likeness (QED) is 0.679. The van der Waals surface area contributed by atoms with Crippen LogP contribution in [-0.4, -0.2) is 85.6 Å². The van der Waals surface area contributed by atoms with Crippen molar-refractivity contribution in [2.24, 2.45) is 11.3 Å². The molecule has 0 unspecified atom stereocenters. The van der Waals surface area contributed by atoms with Gasteiger partial charge in [-0.25, -0.2) is 13.2 Å². The number of pyridine rings is 1. The number of nitrogens with one attached hydrogen (secondary N) is 1. The molecule has 4 fully saturated rings. The maximum Gasteiger partial charge on any atom is 0.501 e. The molecule has 3 amide bonds. The third-order valence-corrected chi connectivity index (χ3v) is 8.42. The Morgan fingerprint density at radius 2 is 1.85 bits per heavy atom. The van der Waals surface area contributed by atoms with E-state index in [0.717, 1.165) is 25.1 Å². The highest BCUT2D eigenvalue weighted by molar-refractivity contribution is 7.92. The molecule has 9 nitrogen and oxygen atoms in total. The molecule has 3 aliphatic heterocycles. The summed E-state index contributed by atoms with van der Waals surface area (Å²) in [5, 5.41) is 2.90. The summed E-state index contributed by atoms with van der Waals surface area (Å²) in [5.41, 5.74) is -5.19. The first-order valence-electron chi connectivity index (χ1n) is 10.6. The van der Waals surface area contributed by atoms with Gasteiger partial charge in [-0.3, -0.25) is 9.78 Å². The van der Waals surface area contributed by atoms with Gasteiger partial charge in [-0.2, -0.15) is 13.2 Å². The number of rotatable bonds is 3. The second kappa shape index (κ2) is 7.29. The molecule has 1 aliphatic carbocycles. The number of alkyl halides is 3. The van der Waals surface area contributed by atoms with Crippen LogP contribution in [0.15, 0.2) is 23.2 Å². The number of urea groups is 1. The van der Waals surface area contributed by atoms with Crippen LogP contribution in [0.4, 0.5) is 18.0 Å². The van der Waals surface area contributed by atoms with Crippen LogP contribution in [0.25, 0.3) is 0 Å². The van der Waals surface area contributed by atoms with Crippen LogP contribution < -0.4 is 5.32 Å². The van der Waals surface area contributed by atoms with Crippen LogP contribution in [-0.2, 0) is 25.8 Å². The number of hydrogen-bond acceptors (Lipinski definition) is 6. The number of likely N-dealkylation sites (tertiary alicyclic amines) is 2. The van der Waals surface area contributed by atoms with Crippen molar-refractivity contribution in [1.29, 1.82) is 0 Å². The minimum absolute atomic E-state index is 0.0438. The Morgan fingerprint density at radius 1 is 1.18 bits per heavy atom. The number of halogens is 3. The SMILES string of the molecule is O=C1COCC2(CN(C(=O)N3CC4(CC(Cc5ccc(S(=O)(=O)C(F)(F)F)cn5)C4)C3)C2)N1. The van der Waals surface area contributed by atoms with Crippen LogP contribution in [0.1, 0.15) is 18.5 Å². The van der Waals surface area contributed by atoms with Gasteiger partial charge in [-0.15, -0.1) is 0 Å². The predicted molar refractivity (Wildman–Crippen MR) is 107 cm³/mol. The number of sulfone groups is 1. The first-order chi connectivity index (χ1) is 15.4. The van der Waals surface area contributed by atoms with E-state index >= 15 is 0 Å². The second-order valence-corrected chi connectivity index (χ2v) is 11.7. The van der Waals surface area contributed by atoms with Gasteiger partial charge in [-0.1, -0.05) is 0 Å². The first kappa shape index (κ1) is 22.4. The van der Waals surface area contributed by atoms with Gasteiger partial charge in [0.15, 0.2) is 0 Å². The fourth-order valence-corrected chi connectivity index (χ4v) is 6.19. The lowest BCUT2D eigenvalue weighted by Gasteiger charge is -2.61. The van der Waals surface area contributed by atoms with E-state index in [4.69, 9.17) is 4.74 Å². The van der Waals surface area contributed by atoms with Gasteiger partial charge in [0, 0.05) is 43.5 Å². The number of amides is 3. The topological polar surface area (TPSA) is 109 Å². The van der Waals surface area contributed by atoms with Crippen molar-refractivity contribution in [3.8, 4) is 0 Å². The summed E-state index contributed by atoms with van der Waals surface area (Å²) in [6.07, 6.45) is 3.08. The van der Waals surface area contributed by atoms with Crippen molar-refractivity contribution in [2.75, 3.05) is 39.4 Å². The fraction of sp³-hybridized carbons (Fsp3) is 0.650. The second-order valence-electron chi connectivity index (χ2n) is 9.73. The summed E-state index contributed by atoms with van der Waals surface area (Å²) in [4.78, 5) is 30.7. The van der Waals surface area contributed by atoms with Crippen LogP contribution in [0.5, 0.6) is 0 Å². The van der Waals surface area contributed by atoms with Crippen molar-refractivity contribution in [2.45, 2.75) is 35.2 Å². The molecule has 0 bridgehead atoms. The molecule has 2 spiro atoms. The Hall–Kier alpha value is -2.41. The highest BCUT2D eigenvalue weighted by Crippen LogP contribution is 2.53. The standard InChI is InChI=1S/C20H23F3N4O5S/c21-20(22,23)33(30,31)15-2-1-14(24-6-15)3-13-4-18(5-13)8-26(9-18)17(29)27-10-19(11-27)12-32-7-16(28)25-19/h1-2,6,13H,3-5,7-12H2,(H,25,28). The smallest absolute Gasteiger partial charge is 0.369 e.